The molecule has 0 heterocycles. The third kappa shape index (κ3) is 2.64. The van der Waals surface area contributed by atoms with E-state index in [-0.39, 0.29) is 0 Å². The lowest BCUT2D eigenvalue weighted by atomic mass is 9.88. The molecule has 0 aliphatic heterocycles. The topological polar surface area (TPSA) is 0 Å². The molecule has 1 aliphatic rings. The Kier molecular flexibility index (Phi) is 4.19. The molecule has 0 unspecified atom stereocenters. The minimum atomic E-state index is 1.06. The minimum Gasteiger partial charge on any atom is -0.0807 e. The van der Waals surface area contributed by atoms with Crippen molar-refractivity contribution in [1.82, 2.24) is 0 Å². The Morgan fingerprint density at radius 1 is 1.22 bits per heavy atom. The molecule has 0 atom stereocenters. The molecule has 0 radical (unpaired) electrons. The largest absolute Gasteiger partial charge is 0.0807 e. The molecule has 2 rings (SSSR count). The highest BCUT2D eigenvalue weighted by Gasteiger charge is 2.11. The van der Waals surface area contributed by atoms with Gasteiger partial charge in [-0.3, -0.25) is 0 Å². The summed E-state index contributed by atoms with van der Waals surface area (Å²) in [7, 11) is 0. The van der Waals surface area contributed by atoms with E-state index in [4.69, 9.17) is 0 Å². The first-order valence-corrected chi connectivity index (χ1v) is 6.92. The van der Waals surface area contributed by atoms with Crippen molar-refractivity contribution in [1.29, 1.82) is 0 Å². The molecule has 1 aliphatic carbocycles. The standard InChI is InChI=1S/C18H22/c1-4-8-16-9-6-7-10-17(16)18-13-15(5-2)12-11-14(18)3/h6-8,10-13H,4-5,9H2,1-3H3/b16-8+. The average molecular weight is 238 g/mol. The summed E-state index contributed by atoms with van der Waals surface area (Å²) in [6.07, 6.45) is 12.3. The van der Waals surface area contributed by atoms with E-state index in [1.54, 1.807) is 0 Å². The van der Waals surface area contributed by atoms with E-state index in [0.717, 1.165) is 19.3 Å². The van der Waals surface area contributed by atoms with Crippen LogP contribution in [0.3, 0.4) is 0 Å². The van der Waals surface area contributed by atoms with Crippen molar-refractivity contribution in [3.05, 3.63) is 64.8 Å². The third-order valence-corrected chi connectivity index (χ3v) is 3.53. The van der Waals surface area contributed by atoms with Crippen LogP contribution in [0, 0.1) is 6.92 Å². The number of allylic oxidation sites excluding steroid dienone is 6. The van der Waals surface area contributed by atoms with E-state index in [2.05, 4.69) is 63.3 Å². The van der Waals surface area contributed by atoms with Crippen LogP contribution >= 0.6 is 0 Å². The minimum absolute atomic E-state index is 1.06. The monoisotopic (exact) mass is 238 g/mol. The molecule has 0 saturated heterocycles. The Bertz CT molecular complexity index is 513. The molecule has 0 bridgehead atoms. The van der Waals surface area contributed by atoms with Crippen molar-refractivity contribution in [3.63, 3.8) is 0 Å². The third-order valence-electron chi connectivity index (χ3n) is 3.53. The van der Waals surface area contributed by atoms with Crippen LogP contribution in [0.25, 0.3) is 5.57 Å². The highest BCUT2D eigenvalue weighted by molar-refractivity contribution is 5.83. The molecule has 0 saturated carbocycles. The van der Waals surface area contributed by atoms with E-state index >= 15 is 0 Å². The summed E-state index contributed by atoms with van der Waals surface area (Å²) in [5, 5.41) is 0. The highest BCUT2D eigenvalue weighted by atomic mass is 14.2. The first-order chi connectivity index (χ1) is 8.76. The van der Waals surface area contributed by atoms with Gasteiger partial charge >= 0.3 is 0 Å². The summed E-state index contributed by atoms with van der Waals surface area (Å²) in [5.41, 5.74) is 7.07. The van der Waals surface area contributed by atoms with Gasteiger partial charge in [0.25, 0.3) is 0 Å². The molecule has 0 amide bonds. The number of hydrogen-bond acceptors (Lipinski definition) is 0. The van der Waals surface area contributed by atoms with Gasteiger partial charge in [0.1, 0.15) is 0 Å². The molecule has 1 aromatic rings. The fourth-order valence-corrected chi connectivity index (χ4v) is 2.46. The van der Waals surface area contributed by atoms with Gasteiger partial charge in [-0.15, -0.1) is 0 Å². The summed E-state index contributed by atoms with van der Waals surface area (Å²) in [6.45, 7) is 6.63. The summed E-state index contributed by atoms with van der Waals surface area (Å²) in [5.74, 6) is 0. The van der Waals surface area contributed by atoms with E-state index < -0.39 is 0 Å². The van der Waals surface area contributed by atoms with Crippen LogP contribution in [-0.4, -0.2) is 0 Å². The quantitative estimate of drug-likeness (QED) is 0.675. The average Bonchev–Trinajstić information content (AvgIpc) is 2.41. The molecule has 0 heteroatoms. The van der Waals surface area contributed by atoms with Gasteiger partial charge in [-0.25, -0.2) is 0 Å². The molecular weight excluding hydrogens is 216 g/mol. The first-order valence-electron chi connectivity index (χ1n) is 6.92. The van der Waals surface area contributed by atoms with E-state index in [0.29, 0.717) is 0 Å². The lowest BCUT2D eigenvalue weighted by molar-refractivity contribution is 1.12. The molecular formula is C18H22. The highest BCUT2D eigenvalue weighted by Crippen LogP contribution is 2.32. The molecule has 0 N–H and O–H groups in total. The molecule has 94 valence electrons. The van der Waals surface area contributed by atoms with Crippen LogP contribution in [0.15, 0.2) is 48.1 Å². The lowest BCUT2D eigenvalue weighted by Crippen LogP contribution is -1.97. The van der Waals surface area contributed by atoms with Gasteiger partial charge in [0.05, 0.1) is 0 Å². The Balaban J connectivity index is 2.49. The van der Waals surface area contributed by atoms with Crippen LogP contribution in [0.5, 0.6) is 0 Å². The van der Waals surface area contributed by atoms with Crippen LogP contribution in [0.2, 0.25) is 0 Å². The molecule has 1 aromatic carbocycles. The second-order valence-electron chi connectivity index (χ2n) is 4.85. The van der Waals surface area contributed by atoms with Gasteiger partial charge < -0.3 is 0 Å². The number of rotatable bonds is 3. The fourth-order valence-electron chi connectivity index (χ4n) is 2.46. The van der Waals surface area contributed by atoms with Crippen molar-refractivity contribution in [2.75, 3.05) is 0 Å². The van der Waals surface area contributed by atoms with Crippen LogP contribution in [-0.2, 0) is 6.42 Å². The van der Waals surface area contributed by atoms with Crippen molar-refractivity contribution >= 4 is 5.57 Å². The number of benzene rings is 1. The SMILES string of the molecule is CC/C=C1\CC=CC=C1c1cc(CC)ccc1C. The van der Waals surface area contributed by atoms with Crippen LogP contribution < -0.4 is 0 Å². The van der Waals surface area contributed by atoms with E-state index in [1.165, 1.54) is 27.8 Å². The second-order valence-corrected chi connectivity index (χ2v) is 4.85. The zero-order chi connectivity index (χ0) is 13.0. The Labute approximate surface area is 111 Å². The molecule has 0 aromatic heterocycles. The van der Waals surface area contributed by atoms with E-state index in [1.807, 2.05) is 0 Å². The zero-order valence-electron chi connectivity index (χ0n) is 11.7. The second kappa shape index (κ2) is 5.86. The first kappa shape index (κ1) is 12.9. The van der Waals surface area contributed by atoms with Crippen molar-refractivity contribution in [2.24, 2.45) is 0 Å². The van der Waals surface area contributed by atoms with Gasteiger partial charge in [-0.1, -0.05) is 56.4 Å². The molecule has 18 heavy (non-hydrogen) atoms. The van der Waals surface area contributed by atoms with Gasteiger partial charge in [0.15, 0.2) is 0 Å². The van der Waals surface area contributed by atoms with Crippen molar-refractivity contribution in [2.45, 2.75) is 40.0 Å². The maximum Gasteiger partial charge on any atom is -0.00913 e. The zero-order valence-corrected chi connectivity index (χ0v) is 11.7. The number of aryl methyl sites for hydroxylation is 2. The Morgan fingerprint density at radius 2 is 2.06 bits per heavy atom. The van der Waals surface area contributed by atoms with Gasteiger partial charge in [0.2, 0.25) is 0 Å². The molecule has 0 nitrogen and oxygen atoms in total. The van der Waals surface area contributed by atoms with Gasteiger partial charge in [-0.2, -0.15) is 0 Å². The maximum absolute atomic E-state index is 2.35. The Hall–Kier alpha value is -1.56. The summed E-state index contributed by atoms with van der Waals surface area (Å²) in [4.78, 5) is 0. The summed E-state index contributed by atoms with van der Waals surface area (Å²) in [6, 6.07) is 6.84. The molecule has 0 spiro atoms. The predicted molar refractivity (Wildman–Crippen MR) is 80.7 cm³/mol. The summed E-state index contributed by atoms with van der Waals surface area (Å²) >= 11 is 0. The van der Waals surface area contributed by atoms with Crippen molar-refractivity contribution < 1.29 is 0 Å². The maximum atomic E-state index is 2.35. The normalized spacial score (nSPS) is 17.1. The fraction of sp³-hybridized carbons (Fsp3) is 0.333. The van der Waals surface area contributed by atoms with Crippen LogP contribution in [0.1, 0.15) is 43.4 Å². The van der Waals surface area contributed by atoms with Gasteiger partial charge in [-0.05, 0) is 54.0 Å². The molecule has 0 fully saturated rings. The van der Waals surface area contributed by atoms with E-state index in [9.17, 15) is 0 Å². The van der Waals surface area contributed by atoms with Crippen LogP contribution in [0.4, 0.5) is 0 Å². The Morgan fingerprint density at radius 3 is 2.78 bits per heavy atom. The predicted octanol–water partition coefficient (Wildman–Crippen LogP) is 5.24. The van der Waals surface area contributed by atoms with Gasteiger partial charge in [0, 0.05) is 0 Å². The summed E-state index contributed by atoms with van der Waals surface area (Å²) < 4.78 is 0. The number of hydrogen-bond donors (Lipinski definition) is 0. The smallest absolute Gasteiger partial charge is 0.00913 e. The van der Waals surface area contributed by atoms with Crippen molar-refractivity contribution in [3.8, 4) is 0 Å². The lowest BCUT2D eigenvalue weighted by Gasteiger charge is -2.17.